The van der Waals surface area contributed by atoms with Crippen molar-refractivity contribution in [3.8, 4) is 17.1 Å². The van der Waals surface area contributed by atoms with Gasteiger partial charge >= 0.3 is 0 Å². The Morgan fingerprint density at radius 2 is 1.75 bits per heavy atom. The summed E-state index contributed by atoms with van der Waals surface area (Å²) in [5, 5.41) is 0. The molecule has 0 saturated heterocycles. The van der Waals surface area contributed by atoms with E-state index in [9.17, 15) is 0 Å². The van der Waals surface area contributed by atoms with Crippen LogP contribution in [0, 0.1) is 20.8 Å². The molecule has 0 spiro atoms. The Hall–Kier alpha value is -2.42. The number of hydrogen-bond donors (Lipinski definition) is 1. The lowest BCUT2D eigenvalue weighted by Crippen LogP contribution is -2.03. The SMILES string of the molecule is Cc1ccc(-c2ccc(C)n2-c2cccc(N)c2C)o1. The van der Waals surface area contributed by atoms with Crippen LogP contribution in [0.4, 0.5) is 5.69 Å². The van der Waals surface area contributed by atoms with E-state index in [1.165, 1.54) is 0 Å². The van der Waals surface area contributed by atoms with E-state index >= 15 is 0 Å². The summed E-state index contributed by atoms with van der Waals surface area (Å²) in [6.45, 7) is 6.08. The van der Waals surface area contributed by atoms with Gasteiger partial charge in [-0.15, -0.1) is 0 Å². The summed E-state index contributed by atoms with van der Waals surface area (Å²) in [6.07, 6.45) is 0. The largest absolute Gasteiger partial charge is 0.460 e. The van der Waals surface area contributed by atoms with E-state index < -0.39 is 0 Å². The standard InChI is InChI=1S/C17H18N2O/c1-11-7-9-16(17-10-8-12(2)20-17)19(11)15-6-4-5-14(18)13(15)3/h4-10H,18H2,1-3H3. The highest BCUT2D eigenvalue weighted by atomic mass is 16.3. The summed E-state index contributed by atoms with van der Waals surface area (Å²) in [6, 6.07) is 14.1. The quantitative estimate of drug-likeness (QED) is 0.705. The van der Waals surface area contributed by atoms with E-state index in [-0.39, 0.29) is 0 Å². The van der Waals surface area contributed by atoms with Gasteiger partial charge in [-0.1, -0.05) is 6.07 Å². The maximum absolute atomic E-state index is 6.03. The van der Waals surface area contributed by atoms with Crippen LogP contribution in [0.5, 0.6) is 0 Å². The van der Waals surface area contributed by atoms with Crippen molar-refractivity contribution in [2.45, 2.75) is 20.8 Å². The predicted molar refractivity (Wildman–Crippen MR) is 82.1 cm³/mol. The van der Waals surface area contributed by atoms with Crippen molar-refractivity contribution in [3.05, 3.63) is 59.5 Å². The van der Waals surface area contributed by atoms with Crippen molar-refractivity contribution < 1.29 is 4.42 Å². The molecule has 0 aliphatic carbocycles. The number of aryl methyl sites for hydroxylation is 2. The average Bonchev–Trinajstić information content (AvgIpc) is 2.99. The van der Waals surface area contributed by atoms with Gasteiger partial charge in [-0.2, -0.15) is 0 Å². The minimum absolute atomic E-state index is 0.803. The Labute approximate surface area is 118 Å². The van der Waals surface area contributed by atoms with Gasteiger partial charge in [0.05, 0.1) is 11.4 Å². The van der Waals surface area contributed by atoms with Crippen LogP contribution in [-0.2, 0) is 0 Å². The van der Waals surface area contributed by atoms with E-state index in [4.69, 9.17) is 10.2 Å². The minimum atomic E-state index is 0.803. The third-order valence-corrected chi connectivity index (χ3v) is 3.66. The van der Waals surface area contributed by atoms with Gasteiger partial charge in [-0.05, 0) is 62.7 Å². The fraction of sp³-hybridized carbons (Fsp3) is 0.176. The van der Waals surface area contributed by atoms with E-state index in [1.54, 1.807) is 0 Å². The lowest BCUT2D eigenvalue weighted by atomic mass is 10.1. The van der Waals surface area contributed by atoms with Gasteiger partial charge in [-0.3, -0.25) is 0 Å². The third-order valence-electron chi connectivity index (χ3n) is 3.66. The normalized spacial score (nSPS) is 10.9. The van der Waals surface area contributed by atoms with Crippen LogP contribution in [-0.4, -0.2) is 4.57 Å². The lowest BCUT2D eigenvalue weighted by molar-refractivity contribution is 0.545. The first-order chi connectivity index (χ1) is 9.58. The molecule has 0 atom stereocenters. The van der Waals surface area contributed by atoms with Crippen molar-refractivity contribution >= 4 is 5.69 Å². The number of aromatic nitrogens is 1. The first-order valence-electron chi connectivity index (χ1n) is 6.68. The second kappa shape index (κ2) is 4.60. The molecule has 2 aromatic heterocycles. The summed E-state index contributed by atoms with van der Waals surface area (Å²) < 4.78 is 7.95. The van der Waals surface area contributed by atoms with Crippen LogP contribution in [0.15, 0.2) is 46.9 Å². The Balaban J connectivity index is 2.24. The van der Waals surface area contributed by atoms with E-state index in [2.05, 4.69) is 29.7 Å². The summed E-state index contributed by atoms with van der Waals surface area (Å²) in [7, 11) is 0. The Morgan fingerprint density at radius 1 is 0.950 bits per heavy atom. The average molecular weight is 266 g/mol. The zero-order chi connectivity index (χ0) is 14.3. The van der Waals surface area contributed by atoms with E-state index in [0.717, 1.165) is 39.8 Å². The number of rotatable bonds is 2. The molecule has 0 radical (unpaired) electrons. The fourth-order valence-electron chi connectivity index (χ4n) is 2.51. The highest BCUT2D eigenvalue weighted by molar-refractivity contribution is 5.64. The molecule has 0 amide bonds. The molecule has 0 fully saturated rings. The van der Waals surface area contributed by atoms with Gasteiger partial charge in [0.1, 0.15) is 5.76 Å². The molecule has 3 nitrogen and oxygen atoms in total. The first-order valence-corrected chi connectivity index (χ1v) is 6.68. The molecule has 0 aliphatic rings. The fourth-order valence-corrected chi connectivity index (χ4v) is 2.51. The maximum Gasteiger partial charge on any atom is 0.151 e. The van der Waals surface area contributed by atoms with Crippen LogP contribution in [0.2, 0.25) is 0 Å². The second-order valence-corrected chi connectivity index (χ2v) is 5.10. The number of anilines is 1. The minimum Gasteiger partial charge on any atom is -0.460 e. The zero-order valence-corrected chi connectivity index (χ0v) is 12.0. The molecule has 0 unspecified atom stereocenters. The van der Waals surface area contributed by atoms with Gasteiger partial charge < -0.3 is 14.7 Å². The number of nitrogen functional groups attached to an aromatic ring is 1. The Morgan fingerprint density at radius 3 is 2.45 bits per heavy atom. The molecule has 3 aromatic rings. The maximum atomic E-state index is 6.03. The van der Waals surface area contributed by atoms with Crippen molar-refractivity contribution in [2.75, 3.05) is 5.73 Å². The monoisotopic (exact) mass is 266 g/mol. The van der Waals surface area contributed by atoms with Crippen LogP contribution >= 0.6 is 0 Å². The van der Waals surface area contributed by atoms with Crippen molar-refractivity contribution in [3.63, 3.8) is 0 Å². The summed E-state index contributed by atoms with van der Waals surface area (Å²) in [5.41, 5.74) is 11.2. The van der Waals surface area contributed by atoms with Crippen molar-refractivity contribution in [2.24, 2.45) is 0 Å². The van der Waals surface area contributed by atoms with E-state index in [1.807, 2.05) is 38.1 Å². The number of furan rings is 1. The Kier molecular flexibility index (Phi) is 2.90. The summed E-state index contributed by atoms with van der Waals surface area (Å²) in [5.74, 6) is 1.78. The number of hydrogen-bond acceptors (Lipinski definition) is 2. The zero-order valence-electron chi connectivity index (χ0n) is 12.0. The molecule has 0 aliphatic heterocycles. The molecule has 2 heterocycles. The van der Waals surface area contributed by atoms with Crippen molar-refractivity contribution in [1.29, 1.82) is 0 Å². The Bertz CT molecular complexity index is 765. The first kappa shape index (κ1) is 12.6. The van der Waals surface area contributed by atoms with Crippen molar-refractivity contribution in [1.82, 2.24) is 4.57 Å². The van der Waals surface area contributed by atoms with Gasteiger partial charge in [0.2, 0.25) is 0 Å². The molecule has 102 valence electrons. The highest BCUT2D eigenvalue weighted by Gasteiger charge is 2.14. The molecule has 0 bridgehead atoms. The second-order valence-electron chi connectivity index (χ2n) is 5.10. The molecule has 20 heavy (non-hydrogen) atoms. The van der Waals surface area contributed by atoms with E-state index in [0.29, 0.717) is 0 Å². The molecule has 0 saturated carbocycles. The van der Waals surface area contributed by atoms with Crippen LogP contribution < -0.4 is 5.73 Å². The van der Waals surface area contributed by atoms with Gasteiger partial charge in [-0.25, -0.2) is 0 Å². The molecular weight excluding hydrogens is 248 g/mol. The van der Waals surface area contributed by atoms with Crippen LogP contribution in [0.3, 0.4) is 0 Å². The molecule has 3 heteroatoms. The van der Waals surface area contributed by atoms with Gasteiger partial charge in [0, 0.05) is 11.4 Å². The highest BCUT2D eigenvalue weighted by Crippen LogP contribution is 2.30. The topological polar surface area (TPSA) is 44.1 Å². The molecule has 3 rings (SSSR count). The van der Waals surface area contributed by atoms with Gasteiger partial charge in [0.15, 0.2) is 5.76 Å². The van der Waals surface area contributed by atoms with Gasteiger partial charge in [0.25, 0.3) is 0 Å². The molecule has 1 aromatic carbocycles. The number of benzene rings is 1. The number of nitrogens with two attached hydrogens (primary N) is 1. The third kappa shape index (κ3) is 1.92. The number of nitrogens with zero attached hydrogens (tertiary/aromatic N) is 1. The molecule has 2 N–H and O–H groups in total. The smallest absolute Gasteiger partial charge is 0.151 e. The van der Waals surface area contributed by atoms with Crippen LogP contribution in [0.1, 0.15) is 17.0 Å². The summed E-state index contributed by atoms with van der Waals surface area (Å²) >= 11 is 0. The van der Waals surface area contributed by atoms with Crippen LogP contribution in [0.25, 0.3) is 17.1 Å². The summed E-state index contributed by atoms with van der Waals surface area (Å²) in [4.78, 5) is 0. The predicted octanol–water partition coefficient (Wildman–Crippen LogP) is 4.24. The lowest BCUT2D eigenvalue weighted by Gasteiger charge is -2.14. The molecular formula is C17H18N2O.